The van der Waals surface area contributed by atoms with Crippen LogP contribution in [0.5, 0.6) is 0 Å². The average molecular weight is 443 g/mol. The number of amides is 1. The van der Waals surface area contributed by atoms with Crippen LogP contribution in [0.25, 0.3) is 11.6 Å². The van der Waals surface area contributed by atoms with Gasteiger partial charge >= 0.3 is 5.97 Å². The molecule has 0 saturated carbocycles. The Morgan fingerprint density at radius 2 is 2.00 bits per heavy atom. The van der Waals surface area contributed by atoms with Crippen molar-refractivity contribution in [2.24, 2.45) is 0 Å². The summed E-state index contributed by atoms with van der Waals surface area (Å²) in [4.78, 5) is 40.1. The molecule has 10 heteroatoms. The lowest BCUT2D eigenvalue weighted by Crippen LogP contribution is -2.18. The minimum atomic E-state index is -3.72. The lowest BCUT2D eigenvalue weighted by Gasteiger charge is -2.14. The quantitative estimate of drug-likeness (QED) is 0.521. The number of benzene rings is 1. The molecule has 1 atom stereocenters. The number of carbonyl (C=O) groups excluding carboxylic acids is 2. The van der Waals surface area contributed by atoms with Crippen LogP contribution in [0.3, 0.4) is 0 Å². The predicted octanol–water partition coefficient (Wildman–Crippen LogP) is 2.12. The number of aromatic amines is 1. The predicted molar refractivity (Wildman–Crippen MR) is 113 cm³/mol. The van der Waals surface area contributed by atoms with Crippen LogP contribution in [-0.4, -0.2) is 43.2 Å². The molecule has 2 heterocycles. The molecule has 0 saturated heterocycles. The van der Waals surface area contributed by atoms with Crippen molar-refractivity contribution in [3.8, 4) is 0 Å². The van der Waals surface area contributed by atoms with Crippen LogP contribution < -0.4 is 10.0 Å². The number of nitrogens with one attached hydrogen (secondary N) is 3. The van der Waals surface area contributed by atoms with E-state index in [9.17, 15) is 27.9 Å². The van der Waals surface area contributed by atoms with E-state index in [1.807, 2.05) is 0 Å². The van der Waals surface area contributed by atoms with Crippen molar-refractivity contribution >= 4 is 45.0 Å². The largest absolute Gasteiger partial charge is 0.481 e. The van der Waals surface area contributed by atoms with Gasteiger partial charge in [-0.15, -0.1) is 0 Å². The highest BCUT2D eigenvalue weighted by Crippen LogP contribution is 2.38. The molecule has 9 nitrogen and oxygen atoms in total. The van der Waals surface area contributed by atoms with Crippen LogP contribution >= 0.6 is 0 Å². The third-order valence-corrected chi connectivity index (χ3v) is 7.11. The van der Waals surface area contributed by atoms with Crippen LogP contribution in [0.4, 0.5) is 5.69 Å². The van der Waals surface area contributed by atoms with Crippen LogP contribution in [0.15, 0.2) is 23.1 Å². The summed E-state index contributed by atoms with van der Waals surface area (Å²) in [6.07, 6.45) is 3.11. The van der Waals surface area contributed by atoms with Gasteiger partial charge in [0.15, 0.2) is 5.78 Å². The number of aryl methyl sites for hydroxylation is 1. The molecule has 0 spiro atoms. The number of carbonyl (C=O) groups is 3. The first-order valence-electron chi connectivity index (χ1n) is 9.75. The monoisotopic (exact) mass is 443 g/mol. The maximum absolute atomic E-state index is 12.6. The highest BCUT2D eigenvalue weighted by Gasteiger charge is 2.32. The smallest absolute Gasteiger partial charge is 0.310 e. The molecular weight excluding hydrogens is 422 g/mol. The number of ketones is 1. The molecule has 2 aromatic rings. The van der Waals surface area contributed by atoms with Crippen molar-refractivity contribution in [3.63, 3.8) is 0 Å². The van der Waals surface area contributed by atoms with Crippen molar-refractivity contribution in [3.05, 3.63) is 46.3 Å². The van der Waals surface area contributed by atoms with Crippen molar-refractivity contribution in [2.75, 3.05) is 12.4 Å². The molecule has 1 aromatic carbocycles. The molecule has 1 aliphatic carbocycles. The van der Waals surface area contributed by atoms with Crippen molar-refractivity contribution < 1.29 is 27.9 Å². The number of aromatic nitrogens is 1. The fraction of sp³-hybridized carbons (Fsp3) is 0.286. The maximum atomic E-state index is 12.6. The molecule has 1 aliphatic heterocycles. The Balaban J connectivity index is 1.91. The second kappa shape index (κ2) is 7.47. The Bertz CT molecular complexity index is 1270. The number of Topliss-reactive ketones (excluding diaryl/α,β-unsaturated/α-hetero) is 1. The first-order valence-corrected chi connectivity index (χ1v) is 11.2. The van der Waals surface area contributed by atoms with E-state index in [2.05, 4.69) is 15.0 Å². The van der Waals surface area contributed by atoms with E-state index in [0.29, 0.717) is 53.0 Å². The van der Waals surface area contributed by atoms with E-state index in [-0.39, 0.29) is 16.3 Å². The van der Waals surface area contributed by atoms with Gasteiger partial charge in [0, 0.05) is 40.2 Å². The third kappa shape index (κ3) is 3.47. The number of H-pyrrole nitrogens is 1. The highest BCUT2D eigenvalue weighted by molar-refractivity contribution is 7.89. The molecular formula is C21H21N3O6S. The summed E-state index contributed by atoms with van der Waals surface area (Å²) in [5.41, 5.74) is 2.79. The first-order chi connectivity index (χ1) is 14.6. The van der Waals surface area contributed by atoms with Gasteiger partial charge in [-0.25, -0.2) is 13.1 Å². The molecule has 4 N–H and O–H groups in total. The van der Waals surface area contributed by atoms with Gasteiger partial charge in [-0.3, -0.25) is 14.4 Å². The zero-order chi connectivity index (χ0) is 22.5. The highest BCUT2D eigenvalue weighted by atomic mass is 32.2. The van der Waals surface area contributed by atoms with Gasteiger partial charge in [-0.1, -0.05) is 0 Å². The van der Waals surface area contributed by atoms with Gasteiger partial charge in [0.05, 0.1) is 16.4 Å². The molecule has 1 unspecified atom stereocenters. The topological polar surface area (TPSA) is 145 Å². The van der Waals surface area contributed by atoms with Crippen molar-refractivity contribution in [2.45, 2.75) is 37.0 Å². The molecule has 31 heavy (non-hydrogen) atoms. The Morgan fingerprint density at radius 3 is 2.68 bits per heavy atom. The lowest BCUT2D eigenvalue weighted by atomic mass is 9.87. The zero-order valence-electron chi connectivity index (χ0n) is 16.9. The summed E-state index contributed by atoms with van der Waals surface area (Å²) in [5, 5.41) is 12.3. The molecule has 1 aromatic heterocycles. The Hall–Kier alpha value is -3.24. The van der Waals surface area contributed by atoms with E-state index in [4.69, 9.17) is 0 Å². The minimum Gasteiger partial charge on any atom is -0.481 e. The number of rotatable bonds is 5. The molecule has 0 bridgehead atoms. The summed E-state index contributed by atoms with van der Waals surface area (Å²) in [7, 11) is -2.43. The number of hydrogen-bond donors (Lipinski definition) is 4. The molecule has 0 radical (unpaired) electrons. The first kappa shape index (κ1) is 21.0. The molecule has 0 fully saturated rings. The Labute approximate surface area is 178 Å². The number of carboxylic acids is 1. The van der Waals surface area contributed by atoms with Gasteiger partial charge in [0.1, 0.15) is 0 Å². The number of carboxylic acid groups (broad SMARTS) is 1. The summed E-state index contributed by atoms with van der Waals surface area (Å²) < 4.78 is 26.6. The number of hydrogen-bond acceptors (Lipinski definition) is 5. The van der Waals surface area contributed by atoms with E-state index in [0.717, 1.165) is 0 Å². The maximum Gasteiger partial charge on any atom is 0.310 e. The third-order valence-electron chi connectivity index (χ3n) is 5.70. The number of aliphatic carboxylic acids is 1. The second-order valence-corrected chi connectivity index (χ2v) is 9.46. The normalized spacial score (nSPS) is 17.9. The molecule has 1 amide bonds. The van der Waals surface area contributed by atoms with Gasteiger partial charge in [0.2, 0.25) is 10.0 Å². The van der Waals surface area contributed by atoms with Crippen molar-refractivity contribution in [1.82, 2.24) is 9.71 Å². The summed E-state index contributed by atoms with van der Waals surface area (Å²) in [6, 6.07) is 4.28. The van der Waals surface area contributed by atoms with Crippen LogP contribution in [0, 0.1) is 0 Å². The minimum absolute atomic E-state index is 0.00349. The summed E-state index contributed by atoms with van der Waals surface area (Å²) in [5.74, 6) is -2.61. The van der Waals surface area contributed by atoms with Gasteiger partial charge in [0.25, 0.3) is 5.91 Å². The van der Waals surface area contributed by atoms with E-state index in [1.54, 1.807) is 0 Å². The fourth-order valence-corrected chi connectivity index (χ4v) is 4.83. The Kier molecular flexibility index (Phi) is 5.06. The lowest BCUT2D eigenvalue weighted by molar-refractivity contribution is -0.138. The van der Waals surface area contributed by atoms with E-state index in [1.165, 1.54) is 38.2 Å². The molecule has 2 aliphatic rings. The van der Waals surface area contributed by atoms with E-state index < -0.39 is 27.8 Å². The summed E-state index contributed by atoms with van der Waals surface area (Å²) in [6.45, 7) is 1.50. The number of fused-ring (bicyclic) bond motifs is 2. The molecule has 162 valence electrons. The standard InChI is InChI=1S/C21H21N3O6S/c1-10(21(27)28)18-16(23-15-4-3-5-17(25)19(15)18)9-13-12-8-11(31(29,30)22-2)6-7-14(12)24-20(13)26/h6-10,22-23H,3-5H2,1-2H3,(H,24,26)(H,27,28)/b13-9-. The van der Waals surface area contributed by atoms with Gasteiger partial charge in [-0.2, -0.15) is 0 Å². The zero-order valence-corrected chi connectivity index (χ0v) is 17.7. The fourth-order valence-electron chi connectivity index (χ4n) is 4.07. The Morgan fingerprint density at radius 1 is 1.26 bits per heavy atom. The van der Waals surface area contributed by atoms with Gasteiger partial charge < -0.3 is 15.4 Å². The number of anilines is 1. The van der Waals surface area contributed by atoms with Gasteiger partial charge in [-0.05, 0) is 51.1 Å². The van der Waals surface area contributed by atoms with Crippen LogP contribution in [0.2, 0.25) is 0 Å². The second-order valence-electron chi connectivity index (χ2n) is 7.57. The van der Waals surface area contributed by atoms with Crippen LogP contribution in [0.1, 0.15) is 58.6 Å². The van der Waals surface area contributed by atoms with Crippen molar-refractivity contribution in [1.29, 1.82) is 0 Å². The molecule has 4 rings (SSSR count). The van der Waals surface area contributed by atoms with E-state index >= 15 is 0 Å². The summed E-state index contributed by atoms with van der Waals surface area (Å²) >= 11 is 0. The average Bonchev–Trinajstić information content (AvgIpc) is 3.25. The SMILES string of the molecule is CNS(=O)(=O)c1ccc2c(c1)/C(=C/c1[nH]c3c(c1C(C)C(=O)O)C(=O)CCC3)C(=O)N2. The van der Waals surface area contributed by atoms with Crippen LogP contribution in [-0.2, 0) is 26.0 Å². The number of sulfonamides is 1.